The normalized spacial score (nSPS) is 16.0. The molecule has 1 atom stereocenters. The second kappa shape index (κ2) is 7.13. The van der Waals surface area contributed by atoms with Gasteiger partial charge in [0, 0.05) is 0 Å². The zero-order valence-corrected chi connectivity index (χ0v) is 13.9. The van der Waals surface area contributed by atoms with Crippen LogP contribution in [-0.2, 0) is 4.79 Å². The molecule has 0 bridgehead atoms. The number of H-pyrrole nitrogens is 1. The third kappa shape index (κ3) is 4.55. The van der Waals surface area contributed by atoms with Crippen molar-refractivity contribution in [3.05, 3.63) is 30.1 Å². The number of hydrogen-bond acceptors (Lipinski definition) is 3. The van der Waals surface area contributed by atoms with Crippen LogP contribution in [0.5, 0.6) is 0 Å². The van der Waals surface area contributed by atoms with Crippen molar-refractivity contribution in [1.82, 2.24) is 20.6 Å². The van der Waals surface area contributed by atoms with Crippen LogP contribution >= 0.6 is 0 Å². The molecule has 0 spiro atoms. The lowest BCUT2D eigenvalue weighted by molar-refractivity contribution is -0.121. The molecule has 1 aromatic carbocycles. The van der Waals surface area contributed by atoms with Crippen LogP contribution in [0.2, 0.25) is 0 Å². The second-order valence-corrected chi connectivity index (χ2v) is 6.96. The highest BCUT2D eigenvalue weighted by atomic mass is 16.2. The fourth-order valence-electron chi connectivity index (χ4n) is 2.81. The predicted molar refractivity (Wildman–Crippen MR) is 92.0 cm³/mol. The van der Waals surface area contributed by atoms with E-state index in [1.54, 1.807) is 0 Å². The molecule has 1 fully saturated rings. The standard InChI is InChI=1S/C18H26N4O/c1-12(2)9-16(20-17(23)11-19-10-13-7-8-13)18-21-14-5-3-4-6-15(14)22-18/h3-6,12-13,16,19H,7-11H2,1-2H3,(H,20,23)(H,21,22). The van der Waals surface area contributed by atoms with Crippen LogP contribution in [-0.4, -0.2) is 29.0 Å². The van der Waals surface area contributed by atoms with Crippen molar-refractivity contribution in [1.29, 1.82) is 0 Å². The summed E-state index contributed by atoms with van der Waals surface area (Å²) in [5.74, 6) is 2.14. The highest BCUT2D eigenvalue weighted by Gasteiger charge is 2.22. The molecule has 1 aliphatic carbocycles. The van der Waals surface area contributed by atoms with E-state index in [0.29, 0.717) is 12.5 Å². The Hall–Kier alpha value is -1.88. The number of aromatic amines is 1. The Morgan fingerprint density at radius 1 is 1.35 bits per heavy atom. The highest BCUT2D eigenvalue weighted by molar-refractivity contribution is 5.79. The number of imidazole rings is 1. The van der Waals surface area contributed by atoms with Crippen LogP contribution < -0.4 is 10.6 Å². The van der Waals surface area contributed by atoms with Gasteiger partial charge in [-0.3, -0.25) is 4.79 Å². The van der Waals surface area contributed by atoms with Gasteiger partial charge in [-0.1, -0.05) is 26.0 Å². The van der Waals surface area contributed by atoms with Crippen LogP contribution in [0.3, 0.4) is 0 Å². The van der Waals surface area contributed by atoms with E-state index in [9.17, 15) is 4.79 Å². The summed E-state index contributed by atoms with van der Waals surface area (Å²) in [6.07, 6.45) is 3.46. The minimum Gasteiger partial charge on any atom is -0.345 e. The molecule has 3 rings (SSSR count). The van der Waals surface area contributed by atoms with Gasteiger partial charge in [0.15, 0.2) is 0 Å². The van der Waals surface area contributed by atoms with Crippen molar-refractivity contribution in [2.45, 2.75) is 39.2 Å². The molecule has 2 aromatic rings. The van der Waals surface area contributed by atoms with Gasteiger partial charge in [-0.05, 0) is 49.8 Å². The third-order valence-corrected chi connectivity index (χ3v) is 4.20. The highest BCUT2D eigenvalue weighted by Crippen LogP contribution is 2.27. The first-order chi connectivity index (χ1) is 11.1. The van der Waals surface area contributed by atoms with Gasteiger partial charge in [0.05, 0.1) is 23.6 Å². The molecule has 124 valence electrons. The van der Waals surface area contributed by atoms with Crippen molar-refractivity contribution in [3.8, 4) is 0 Å². The van der Waals surface area contributed by atoms with Gasteiger partial charge in [-0.25, -0.2) is 4.98 Å². The van der Waals surface area contributed by atoms with Crippen molar-refractivity contribution < 1.29 is 4.79 Å². The maximum absolute atomic E-state index is 12.2. The number of hydrogen-bond donors (Lipinski definition) is 3. The van der Waals surface area contributed by atoms with Gasteiger partial charge in [0.1, 0.15) is 5.82 Å². The van der Waals surface area contributed by atoms with E-state index in [-0.39, 0.29) is 11.9 Å². The maximum atomic E-state index is 12.2. The van der Waals surface area contributed by atoms with Gasteiger partial charge in [0.25, 0.3) is 0 Å². The van der Waals surface area contributed by atoms with E-state index in [1.165, 1.54) is 12.8 Å². The number of para-hydroxylation sites is 2. The topological polar surface area (TPSA) is 69.8 Å². The molecule has 5 nitrogen and oxygen atoms in total. The smallest absolute Gasteiger partial charge is 0.234 e. The summed E-state index contributed by atoms with van der Waals surface area (Å²) >= 11 is 0. The molecular weight excluding hydrogens is 288 g/mol. The van der Waals surface area contributed by atoms with Crippen molar-refractivity contribution in [2.24, 2.45) is 11.8 Å². The van der Waals surface area contributed by atoms with Gasteiger partial charge in [0.2, 0.25) is 5.91 Å². The van der Waals surface area contributed by atoms with E-state index in [1.807, 2.05) is 24.3 Å². The molecule has 5 heteroatoms. The third-order valence-electron chi connectivity index (χ3n) is 4.20. The Balaban J connectivity index is 1.64. The van der Waals surface area contributed by atoms with Crippen molar-refractivity contribution in [3.63, 3.8) is 0 Å². The number of benzene rings is 1. The van der Waals surface area contributed by atoms with Crippen LogP contribution in [0, 0.1) is 11.8 Å². The largest absolute Gasteiger partial charge is 0.345 e. The molecule has 1 heterocycles. The summed E-state index contributed by atoms with van der Waals surface area (Å²) in [5, 5.41) is 6.37. The van der Waals surface area contributed by atoms with E-state index in [0.717, 1.165) is 35.7 Å². The minimum absolute atomic E-state index is 0.0387. The number of nitrogens with zero attached hydrogens (tertiary/aromatic N) is 1. The number of amides is 1. The Kier molecular flexibility index (Phi) is 4.96. The summed E-state index contributed by atoms with van der Waals surface area (Å²) in [7, 11) is 0. The van der Waals surface area contributed by atoms with Crippen LogP contribution in [0.4, 0.5) is 0 Å². The molecule has 3 N–H and O–H groups in total. The molecule has 1 amide bonds. The second-order valence-electron chi connectivity index (χ2n) is 6.96. The first-order valence-electron chi connectivity index (χ1n) is 8.56. The summed E-state index contributed by atoms with van der Waals surface area (Å²) < 4.78 is 0. The number of fused-ring (bicyclic) bond motifs is 1. The fourth-order valence-corrected chi connectivity index (χ4v) is 2.81. The van der Waals surface area contributed by atoms with Gasteiger partial charge < -0.3 is 15.6 Å². The quantitative estimate of drug-likeness (QED) is 0.702. The Morgan fingerprint density at radius 2 is 2.13 bits per heavy atom. The molecule has 1 saturated carbocycles. The Bertz CT molecular complexity index is 627. The first-order valence-corrected chi connectivity index (χ1v) is 8.56. The number of carbonyl (C=O) groups excluding carboxylic acids is 1. The SMILES string of the molecule is CC(C)CC(NC(=O)CNCC1CC1)c1nc2ccccc2[nH]1. The summed E-state index contributed by atoms with van der Waals surface area (Å²) in [6.45, 7) is 5.65. The Labute approximate surface area is 137 Å². The van der Waals surface area contributed by atoms with E-state index >= 15 is 0 Å². The fraction of sp³-hybridized carbons (Fsp3) is 0.556. The van der Waals surface area contributed by atoms with E-state index in [2.05, 4.69) is 34.4 Å². The van der Waals surface area contributed by atoms with Crippen LogP contribution in [0.15, 0.2) is 24.3 Å². The number of rotatable bonds is 8. The molecule has 1 aliphatic rings. The van der Waals surface area contributed by atoms with Gasteiger partial charge in [-0.2, -0.15) is 0 Å². The lowest BCUT2D eigenvalue weighted by Crippen LogP contribution is -2.37. The first kappa shape index (κ1) is 16.0. The molecule has 23 heavy (non-hydrogen) atoms. The van der Waals surface area contributed by atoms with Gasteiger partial charge >= 0.3 is 0 Å². The van der Waals surface area contributed by atoms with Crippen LogP contribution in [0.1, 0.15) is 45.0 Å². The number of carbonyl (C=O) groups is 1. The monoisotopic (exact) mass is 314 g/mol. The summed E-state index contributed by atoms with van der Waals surface area (Å²) in [5.41, 5.74) is 1.95. The minimum atomic E-state index is -0.0716. The summed E-state index contributed by atoms with van der Waals surface area (Å²) in [4.78, 5) is 20.2. The average Bonchev–Trinajstić information content (AvgIpc) is 3.22. The molecule has 0 radical (unpaired) electrons. The van der Waals surface area contributed by atoms with Crippen LogP contribution in [0.25, 0.3) is 11.0 Å². The maximum Gasteiger partial charge on any atom is 0.234 e. The number of aromatic nitrogens is 2. The molecule has 1 aromatic heterocycles. The lowest BCUT2D eigenvalue weighted by atomic mass is 10.0. The molecular formula is C18H26N4O. The van der Waals surface area contributed by atoms with E-state index in [4.69, 9.17) is 0 Å². The zero-order valence-electron chi connectivity index (χ0n) is 13.9. The average molecular weight is 314 g/mol. The Morgan fingerprint density at radius 3 is 2.83 bits per heavy atom. The van der Waals surface area contributed by atoms with Gasteiger partial charge in [-0.15, -0.1) is 0 Å². The predicted octanol–water partition coefficient (Wildman–Crippen LogP) is 2.77. The van der Waals surface area contributed by atoms with Crippen molar-refractivity contribution >= 4 is 16.9 Å². The van der Waals surface area contributed by atoms with Crippen molar-refractivity contribution in [2.75, 3.05) is 13.1 Å². The molecule has 1 unspecified atom stereocenters. The molecule has 0 saturated heterocycles. The summed E-state index contributed by atoms with van der Waals surface area (Å²) in [6, 6.07) is 7.89. The zero-order chi connectivity index (χ0) is 16.2. The van der Waals surface area contributed by atoms with E-state index < -0.39 is 0 Å². The molecule has 0 aliphatic heterocycles. The lowest BCUT2D eigenvalue weighted by Gasteiger charge is -2.19. The number of nitrogens with one attached hydrogen (secondary N) is 3.